The summed E-state index contributed by atoms with van der Waals surface area (Å²) in [7, 11) is 1.92. The van der Waals surface area contributed by atoms with Gasteiger partial charge < -0.3 is 15.0 Å². The van der Waals surface area contributed by atoms with Crippen molar-refractivity contribution in [1.82, 2.24) is 14.8 Å². The molecule has 27 heavy (non-hydrogen) atoms. The van der Waals surface area contributed by atoms with E-state index in [1.165, 1.54) is 11.8 Å². The molecule has 1 aromatic heterocycles. The molecular formula is C17H19ClN6O2S. The first kappa shape index (κ1) is 19.5. The molecule has 0 bridgehead atoms. The van der Waals surface area contributed by atoms with Crippen LogP contribution in [0.5, 0.6) is 0 Å². The topological polar surface area (TPSA) is 96.1 Å². The van der Waals surface area contributed by atoms with Gasteiger partial charge in [0.1, 0.15) is 6.07 Å². The summed E-state index contributed by atoms with van der Waals surface area (Å²) in [5.74, 6) is 1.27. The van der Waals surface area contributed by atoms with Crippen LogP contribution in [-0.2, 0) is 16.6 Å². The first-order valence-electron chi connectivity index (χ1n) is 8.43. The Kier molecular flexibility index (Phi) is 6.55. The van der Waals surface area contributed by atoms with Crippen LogP contribution in [0.15, 0.2) is 23.4 Å². The van der Waals surface area contributed by atoms with E-state index in [2.05, 4.69) is 20.4 Å². The van der Waals surface area contributed by atoms with E-state index in [9.17, 15) is 4.79 Å². The molecule has 0 saturated carbocycles. The van der Waals surface area contributed by atoms with Crippen molar-refractivity contribution in [2.75, 3.05) is 42.3 Å². The Bertz CT molecular complexity index is 860. The zero-order valence-electron chi connectivity index (χ0n) is 14.8. The lowest BCUT2D eigenvalue weighted by atomic mass is 10.2. The lowest BCUT2D eigenvalue weighted by molar-refractivity contribution is -0.115. The summed E-state index contributed by atoms with van der Waals surface area (Å²) in [6, 6.07) is 6.80. The minimum absolute atomic E-state index is 0.126. The minimum atomic E-state index is -0.126. The number of anilines is 2. The zero-order valence-corrected chi connectivity index (χ0v) is 16.4. The highest BCUT2D eigenvalue weighted by Crippen LogP contribution is 2.23. The molecular weight excluding hydrogens is 388 g/mol. The fourth-order valence-electron chi connectivity index (χ4n) is 2.61. The van der Waals surface area contributed by atoms with Crippen molar-refractivity contribution in [2.24, 2.45) is 7.05 Å². The predicted octanol–water partition coefficient (Wildman–Crippen LogP) is 2.30. The lowest BCUT2D eigenvalue weighted by Crippen LogP contribution is -2.37. The average Bonchev–Trinajstić information content (AvgIpc) is 3.03. The molecule has 142 valence electrons. The fourth-order valence-corrected chi connectivity index (χ4v) is 3.68. The maximum Gasteiger partial charge on any atom is 0.227 e. The van der Waals surface area contributed by atoms with Gasteiger partial charge in [0.05, 0.1) is 23.8 Å². The van der Waals surface area contributed by atoms with Crippen LogP contribution in [0.4, 0.5) is 11.6 Å². The number of ether oxygens (including phenoxy) is 1. The quantitative estimate of drug-likeness (QED) is 0.735. The molecule has 0 radical (unpaired) electrons. The number of benzene rings is 1. The second-order valence-corrected chi connectivity index (χ2v) is 7.36. The normalized spacial score (nSPS) is 14.0. The van der Waals surface area contributed by atoms with E-state index in [4.69, 9.17) is 21.6 Å². The van der Waals surface area contributed by atoms with Crippen LogP contribution in [0.2, 0.25) is 5.02 Å². The molecule has 2 aromatic rings. The molecule has 1 N–H and O–H groups in total. The number of amides is 1. The second-order valence-electron chi connectivity index (χ2n) is 5.89. The number of rotatable bonds is 6. The summed E-state index contributed by atoms with van der Waals surface area (Å²) in [6.45, 7) is 2.97. The van der Waals surface area contributed by atoms with Crippen molar-refractivity contribution < 1.29 is 9.53 Å². The third-order valence-electron chi connectivity index (χ3n) is 4.04. The molecule has 0 aliphatic carbocycles. The number of aromatic nitrogens is 3. The highest BCUT2D eigenvalue weighted by atomic mass is 35.5. The van der Waals surface area contributed by atoms with Crippen LogP contribution in [0.1, 0.15) is 12.0 Å². The molecule has 1 aliphatic rings. The number of hydrogen-bond acceptors (Lipinski definition) is 7. The molecule has 1 fully saturated rings. The molecule has 0 spiro atoms. The van der Waals surface area contributed by atoms with Gasteiger partial charge in [-0.1, -0.05) is 23.4 Å². The van der Waals surface area contributed by atoms with Gasteiger partial charge in [-0.15, -0.1) is 10.2 Å². The Morgan fingerprint density at radius 1 is 1.41 bits per heavy atom. The molecule has 8 nitrogen and oxygen atoms in total. The van der Waals surface area contributed by atoms with E-state index in [-0.39, 0.29) is 5.91 Å². The number of carbonyl (C=O) groups is 1. The smallest absolute Gasteiger partial charge is 0.227 e. The van der Waals surface area contributed by atoms with Gasteiger partial charge in [0.25, 0.3) is 0 Å². The summed E-state index contributed by atoms with van der Waals surface area (Å²) in [4.78, 5) is 14.2. The maximum atomic E-state index is 12.1. The van der Waals surface area contributed by atoms with Crippen LogP contribution in [0.3, 0.4) is 0 Å². The van der Waals surface area contributed by atoms with Crippen LogP contribution in [0.25, 0.3) is 0 Å². The number of hydrogen-bond donors (Lipinski definition) is 1. The van der Waals surface area contributed by atoms with Crippen LogP contribution >= 0.6 is 23.4 Å². The van der Waals surface area contributed by atoms with Crippen molar-refractivity contribution in [2.45, 2.75) is 11.6 Å². The second kappa shape index (κ2) is 9.08. The summed E-state index contributed by atoms with van der Waals surface area (Å²) in [5, 5.41) is 21.2. The number of nitriles is 1. The molecule has 1 aromatic carbocycles. The van der Waals surface area contributed by atoms with Crippen molar-refractivity contribution in [3.05, 3.63) is 28.8 Å². The van der Waals surface area contributed by atoms with Crippen LogP contribution < -0.4 is 10.2 Å². The van der Waals surface area contributed by atoms with Gasteiger partial charge in [0.2, 0.25) is 11.9 Å². The van der Waals surface area contributed by atoms with Crippen molar-refractivity contribution in [1.29, 1.82) is 5.26 Å². The fraction of sp³-hybridized carbons (Fsp3) is 0.412. The minimum Gasteiger partial charge on any atom is -0.378 e. The third-order valence-corrected chi connectivity index (χ3v) is 5.37. The number of carbonyl (C=O) groups excluding carboxylic acids is 1. The van der Waals surface area contributed by atoms with E-state index < -0.39 is 0 Å². The molecule has 0 atom stereocenters. The Labute approximate surface area is 166 Å². The summed E-state index contributed by atoms with van der Waals surface area (Å²) >= 11 is 7.45. The number of morpholine rings is 1. The Balaban J connectivity index is 1.49. The van der Waals surface area contributed by atoms with Crippen LogP contribution in [-0.4, -0.2) is 52.7 Å². The monoisotopic (exact) mass is 406 g/mol. The maximum absolute atomic E-state index is 12.1. The van der Waals surface area contributed by atoms with Gasteiger partial charge >= 0.3 is 0 Å². The number of halogens is 1. The summed E-state index contributed by atoms with van der Waals surface area (Å²) < 4.78 is 7.29. The Morgan fingerprint density at radius 2 is 2.19 bits per heavy atom. The van der Waals surface area contributed by atoms with E-state index in [0.29, 0.717) is 41.7 Å². The average molecular weight is 407 g/mol. The standard InChI is InChI=1S/C17H19ClN6O2S/c1-23-16(24-5-7-26-8-6-24)21-22-17(23)27-9-4-15(25)20-13-3-2-12(11-19)14(18)10-13/h2-3,10H,4-9H2,1H3,(H,20,25). The van der Waals surface area contributed by atoms with Gasteiger partial charge in [-0.05, 0) is 18.2 Å². The summed E-state index contributed by atoms with van der Waals surface area (Å²) in [6.07, 6.45) is 0.321. The van der Waals surface area contributed by atoms with Gasteiger partial charge in [0, 0.05) is 38.0 Å². The number of nitrogens with one attached hydrogen (secondary N) is 1. The van der Waals surface area contributed by atoms with Gasteiger partial charge in [-0.3, -0.25) is 9.36 Å². The van der Waals surface area contributed by atoms with Crippen molar-refractivity contribution in [3.8, 4) is 6.07 Å². The van der Waals surface area contributed by atoms with Crippen molar-refractivity contribution >= 4 is 40.9 Å². The van der Waals surface area contributed by atoms with Crippen molar-refractivity contribution in [3.63, 3.8) is 0 Å². The van der Waals surface area contributed by atoms with Gasteiger partial charge in [-0.25, -0.2) is 0 Å². The zero-order chi connectivity index (χ0) is 19.2. The highest BCUT2D eigenvalue weighted by Gasteiger charge is 2.18. The molecule has 1 amide bonds. The number of thioether (sulfide) groups is 1. The number of nitrogens with zero attached hydrogens (tertiary/aromatic N) is 5. The van der Waals surface area contributed by atoms with Gasteiger partial charge in [0.15, 0.2) is 5.16 Å². The van der Waals surface area contributed by atoms with Crippen LogP contribution in [0, 0.1) is 11.3 Å². The van der Waals surface area contributed by atoms with E-state index >= 15 is 0 Å². The highest BCUT2D eigenvalue weighted by molar-refractivity contribution is 7.99. The largest absolute Gasteiger partial charge is 0.378 e. The molecule has 2 heterocycles. The first-order chi connectivity index (χ1) is 13.1. The molecule has 1 saturated heterocycles. The molecule has 1 aliphatic heterocycles. The van der Waals surface area contributed by atoms with E-state index in [1.807, 2.05) is 17.7 Å². The molecule has 10 heteroatoms. The molecule has 0 unspecified atom stereocenters. The van der Waals surface area contributed by atoms with E-state index in [0.717, 1.165) is 24.2 Å². The molecule has 3 rings (SSSR count). The lowest BCUT2D eigenvalue weighted by Gasteiger charge is -2.27. The van der Waals surface area contributed by atoms with Gasteiger partial charge in [-0.2, -0.15) is 5.26 Å². The predicted molar refractivity (Wildman–Crippen MR) is 104 cm³/mol. The Hall–Kier alpha value is -2.28. The SMILES string of the molecule is Cn1c(SCCC(=O)Nc2ccc(C#N)c(Cl)c2)nnc1N1CCOCC1. The van der Waals surface area contributed by atoms with E-state index in [1.54, 1.807) is 18.2 Å². The third kappa shape index (κ3) is 4.91. The first-order valence-corrected chi connectivity index (χ1v) is 9.79. The Morgan fingerprint density at radius 3 is 2.89 bits per heavy atom. The summed E-state index contributed by atoms with van der Waals surface area (Å²) in [5.41, 5.74) is 0.950.